The molecule has 2 nitrogen and oxygen atoms in total. The van der Waals surface area contributed by atoms with Gasteiger partial charge in [0, 0.05) is 5.56 Å². The smallest absolute Gasteiger partial charge is 0.127 e. The summed E-state index contributed by atoms with van der Waals surface area (Å²) in [4.78, 5) is 0. The zero-order valence-corrected chi connectivity index (χ0v) is 9.97. The molecule has 0 bridgehead atoms. The molecule has 0 atom stereocenters. The molecular formula is C16H13NO. The molecule has 2 aromatic rings. The van der Waals surface area contributed by atoms with Crippen LogP contribution < -0.4 is 4.74 Å². The molecule has 0 aromatic heterocycles. The molecule has 0 saturated heterocycles. The van der Waals surface area contributed by atoms with Crippen molar-refractivity contribution in [2.24, 2.45) is 0 Å². The minimum Gasteiger partial charge on any atom is -0.489 e. The summed E-state index contributed by atoms with van der Waals surface area (Å²) >= 11 is 0. The predicted molar refractivity (Wildman–Crippen MR) is 72.3 cm³/mol. The highest BCUT2D eigenvalue weighted by Gasteiger charge is 2.05. The first kappa shape index (κ1) is 11.9. The van der Waals surface area contributed by atoms with Crippen molar-refractivity contribution in [2.75, 3.05) is 6.61 Å². The lowest BCUT2D eigenvalue weighted by Crippen LogP contribution is -1.94. The number of nitrogens with zero attached hydrogens (tertiary/aromatic N) is 1. The minimum absolute atomic E-state index is 0.479. The van der Waals surface area contributed by atoms with E-state index >= 15 is 0 Å². The molecule has 0 aliphatic heterocycles. The van der Waals surface area contributed by atoms with E-state index in [-0.39, 0.29) is 0 Å². The van der Waals surface area contributed by atoms with Crippen LogP contribution in [-0.4, -0.2) is 6.61 Å². The van der Waals surface area contributed by atoms with Gasteiger partial charge in [-0.15, -0.1) is 0 Å². The number of para-hydroxylation sites is 1. The van der Waals surface area contributed by atoms with E-state index in [0.717, 1.165) is 16.9 Å². The summed E-state index contributed by atoms with van der Waals surface area (Å²) in [7, 11) is 0. The van der Waals surface area contributed by atoms with Crippen molar-refractivity contribution in [3.05, 3.63) is 66.7 Å². The van der Waals surface area contributed by atoms with E-state index < -0.39 is 0 Å². The van der Waals surface area contributed by atoms with Crippen LogP contribution in [0.2, 0.25) is 0 Å². The zero-order chi connectivity index (χ0) is 12.8. The molecular weight excluding hydrogens is 222 g/mol. The Balaban J connectivity index is 2.37. The summed E-state index contributed by atoms with van der Waals surface area (Å²) in [6.45, 7) is 4.12. The molecule has 18 heavy (non-hydrogen) atoms. The summed E-state index contributed by atoms with van der Waals surface area (Å²) < 4.78 is 5.61. The fraction of sp³-hybridized carbons (Fsp3) is 0.0625. The SMILES string of the molecule is C=CCOc1ccccc1-c1ccc(C#N)cc1. The summed E-state index contributed by atoms with van der Waals surface area (Å²) in [6.07, 6.45) is 1.72. The van der Waals surface area contributed by atoms with E-state index in [0.29, 0.717) is 12.2 Å². The summed E-state index contributed by atoms with van der Waals surface area (Å²) in [5.41, 5.74) is 2.71. The Bertz CT molecular complexity index is 579. The van der Waals surface area contributed by atoms with E-state index in [9.17, 15) is 0 Å². The van der Waals surface area contributed by atoms with Crippen LogP contribution in [-0.2, 0) is 0 Å². The number of rotatable bonds is 4. The minimum atomic E-state index is 0.479. The van der Waals surface area contributed by atoms with Crippen LogP contribution in [0.25, 0.3) is 11.1 Å². The van der Waals surface area contributed by atoms with Crippen LogP contribution in [0.15, 0.2) is 61.2 Å². The van der Waals surface area contributed by atoms with Crippen LogP contribution in [0, 0.1) is 11.3 Å². The van der Waals surface area contributed by atoms with E-state index in [2.05, 4.69) is 12.6 Å². The van der Waals surface area contributed by atoms with Gasteiger partial charge < -0.3 is 4.74 Å². The molecule has 88 valence electrons. The summed E-state index contributed by atoms with van der Waals surface area (Å²) in [5, 5.41) is 8.78. The summed E-state index contributed by atoms with van der Waals surface area (Å²) in [6, 6.07) is 17.4. The van der Waals surface area contributed by atoms with Crippen LogP contribution in [0.3, 0.4) is 0 Å². The van der Waals surface area contributed by atoms with E-state index in [1.54, 1.807) is 18.2 Å². The highest BCUT2D eigenvalue weighted by molar-refractivity contribution is 5.70. The van der Waals surface area contributed by atoms with E-state index in [1.165, 1.54) is 0 Å². The number of benzene rings is 2. The van der Waals surface area contributed by atoms with Crippen LogP contribution in [0.5, 0.6) is 5.75 Å². The molecule has 2 aromatic carbocycles. The molecule has 2 rings (SSSR count). The van der Waals surface area contributed by atoms with Crippen LogP contribution >= 0.6 is 0 Å². The predicted octanol–water partition coefficient (Wildman–Crippen LogP) is 3.79. The third kappa shape index (κ3) is 2.58. The lowest BCUT2D eigenvalue weighted by Gasteiger charge is -2.10. The largest absolute Gasteiger partial charge is 0.489 e. The molecule has 0 fully saturated rings. The monoisotopic (exact) mass is 235 g/mol. The average molecular weight is 235 g/mol. The van der Waals surface area contributed by atoms with Gasteiger partial charge in [-0.2, -0.15) is 5.26 Å². The first-order chi connectivity index (χ1) is 8.85. The van der Waals surface area contributed by atoms with Crippen molar-refractivity contribution in [1.29, 1.82) is 5.26 Å². The molecule has 0 aliphatic rings. The van der Waals surface area contributed by atoms with Gasteiger partial charge in [0.25, 0.3) is 0 Å². The molecule has 2 heteroatoms. The lowest BCUT2D eigenvalue weighted by atomic mass is 10.0. The average Bonchev–Trinajstić information content (AvgIpc) is 2.45. The number of hydrogen-bond donors (Lipinski definition) is 0. The fourth-order valence-electron chi connectivity index (χ4n) is 1.70. The van der Waals surface area contributed by atoms with Crippen molar-refractivity contribution in [3.63, 3.8) is 0 Å². The van der Waals surface area contributed by atoms with Gasteiger partial charge in [0.05, 0.1) is 11.6 Å². The third-order valence-corrected chi connectivity index (χ3v) is 2.57. The van der Waals surface area contributed by atoms with Gasteiger partial charge in [-0.25, -0.2) is 0 Å². The van der Waals surface area contributed by atoms with E-state index in [1.807, 2.05) is 36.4 Å². The maximum Gasteiger partial charge on any atom is 0.127 e. The van der Waals surface area contributed by atoms with Gasteiger partial charge in [-0.3, -0.25) is 0 Å². The highest BCUT2D eigenvalue weighted by Crippen LogP contribution is 2.29. The Hall–Kier alpha value is -2.53. The van der Waals surface area contributed by atoms with Crippen molar-refractivity contribution in [2.45, 2.75) is 0 Å². The molecule has 0 unspecified atom stereocenters. The van der Waals surface area contributed by atoms with Gasteiger partial charge in [-0.05, 0) is 23.8 Å². The third-order valence-electron chi connectivity index (χ3n) is 2.57. The molecule has 0 spiro atoms. The highest BCUT2D eigenvalue weighted by atomic mass is 16.5. The number of ether oxygens (including phenoxy) is 1. The standard InChI is InChI=1S/C16H13NO/c1-2-11-18-16-6-4-3-5-15(16)14-9-7-13(12-17)8-10-14/h2-10H,1,11H2. The Labute approximate surface area is 107 Å². The van der Waals surface area contributed by atoms with Crippen molar-refractivity contribution < 1.29 is 4.74 Å². The molecule has 0 amide bonds. The maximum atomic E-state index is 8.78. The molecule has 0 heterocycles. The first-order valence-electron chi connectivity index (χ1n) is 5.68. The Kier molecular flexibility index (Phi) is 3.78. The zero-order valence-electron chi connectivity index (χ0n) is 9.97. The van der Waals surface area contributed by atoms with Crippen molar-refractivity contribution >= 4 is 0 Å². The van der Waals surface area contributed by atoms with Crippen molar-refractivity contribution in [3.8, 4) is 22.9 Å². The van der Waals surface area contributed by atoms with Gasteiger partial charge in [0.1, 0.15) is 12.4 Å². The van der Waals surface area contributed by atoms with E-state index in [4.69, 9.17) is 10.00 Å². The Morgan fingerprint density at radius 3 is 2.50 bits per heavy atom. The molecule has 0 saturated carbocycles. The lowest BCUT2D eigenvalue weighted by molar-refractivity contribution is 0.365. The molecule has 0 radical (unpaired) electrons. The summed E-state index contributed by atoms with van der Waals surface area (Å²) in [5.74, 6) is 0.821. The quantitative estimate of drug-likeness (QED) is 0.755. The van der Waals surface area contributed by atoms with Crippen LogP contribution in [0.4, 0.5) is 0 Å². The topological polar surface area (TPSA) is 33.0 Å². The molecule has 0 aliphatic carbocycles. The van der Waals surface area contributed by atoms with Gasteiger partial charge in [0.2, 0.25) is 0 Å². The first-order valence-corrected chi connectivity index (χ1v) is 5.68. The normalized spacial score (nSPS) is 9.50. The second-order valence-corrected chi connectivity index (χ2v) is 3.78. The van der Waals surface area contributed by atoms with Gasteiger partial charge >= 0.3 is 0 Å². The van der Waals surface area contributed by atoms with Gasteiger partial charge in [-0.1, -0.05) is 43.0 Å². The number of hydrogen-bond acceptors (Lipinski definition) is 2. The fourth-order valence-corrected chi connectivity index (χ4v) is 1.70. The number of nitriles is 1. The second kappa shape index (κ2) is 5.70. The van der Waals surface area contributed by atoms with Crippen LogP contribution in [0.1, 0.15) is 5.56 Å². The Morgan fingerprint density at radius 1 is 1.11 bits per heavy atom. The maximum absolute atomic E-state index is 8.78. The Morgan fingerprint density at radius 2 is 1.83 bits per heavy atom. The van der Waals surface area contributed by atoms with Gasteiger partial charge in [0.15, 0.2) is 0 Å². The second-order valence-electron chi connectivity index (χ2n) is 3.78. The molecule has 0 N–H and O–H groups in total. The van der Waals surface area contributed by atoms with Crippen molar-refractivity contribution in [1.82, 2.24) is 0 Å².